The van der Waals surface area contributed by atoms with Crippen molar-refractivity contribution in [3.8, 4) is 17.3 Å². The second-order valence-electron chi connectivity index (χ2n) is 10.7. The number of aromatic nitrogens is 1. The summed E-state index contributed by atoms with van der Waals surface area (Å²) in [5, 5.41) is 12.2. The highest BCUT2D eigenvalue weighted by atomic mass is 32.2. The van der Waals surface area contributed by atoms with E-state index in [4.69, 9.17) is 10.6 Å². The Morgan fingerprint density at radius 1 is 1.14 bits per heavy atom. The molecule has 0 radical (unpaired) electrons. The number of hydrazine groups is 1. The van der Waals surface area contributed by atoms with E-state index < -0.39 is 22.5 Å². The molecule has 0 unspecified atom stereocenters. The molecule has 2 aliphatic rings. The molecule has 2 heterocycles. The molecular weight excluding hydrogens is 486 g/mol. The van der Waals surface area contributed by atoms with Crippen molar-refractivity contribution in [1.82, 2.24) is 4.57 Å². The van der Waals surface area contributed by atoms with Crippen molar-refractivity contribution in [2.75, 3.05) is 34.5 Å². The summed E-state index contributed by atoms with van der Waals surface area (Å²) in [7, 11) is -0.737. The zero-order chi connectivity index (χ0) is 26.3. The zero-order valence-electron chi connectivity index (χ0n) is 21.6. The van der Waals surface area contributed by atoms with Crippen LogP contribution in [0.1, 0.15) is 51.6 Å². The number of fused-ring (bicyclic) bond motifs is 1. The van der Waals surface area contributed by atoms with Crippen LogP contribution in [0.4, 0.5) is 16.2 Å². The van der Waals surface area contributed by atoms with Gasteiger partial charge in [-0.3, -0.25) is 4.21 Å². The van der Waals surface area contributed by atoms with Gasteiger partial charge in [0.1, 0.15) is 11.7 Å². The molecule has 1 saturated heterocycles. The fourth-order valence-electron chi connectivity index (χ4n) is 5.01. The minimum absolute atomic E-state index is 0.330. The van der Waals surface area contributed by atoms with E-state index in [0.29, 0.717) is 28.8 Å². The maximum atomic E-state index is 12.4. The summed E-state index contributed by atoms with van der Waals surface area (Å²) >= 11 is 0. The first-order chi connectivity index (χ1) is 17.7. The molecule has 1 aromatic heterocycles. The highest BCUT2D eigenvalue weighted by Crippen LogP contribution is 2.43. The smallest absolute Gasteiger partial charge is 0.429 e. The fourth-order valence-corrected chi connectivity index (χ4v) is 6.06. The minimum atomic E-state index is -0.737. The third-order valence-corrected chi connectivity index (χ3v) is 8.37. The van der Waals surface area contributed by atoms with Gasteiger partial charge in [-0.1, -0.05) is 12.1 Å². The van der Waals surface area contributed by atoms with Gasteiger partial charge in [-0.15, -0.1) is 0 Å². The quantitative estimate of drug-likeness (QED) is 0.293. The van der Waals surface area contributed by atoms with Crippen molar-refractivity contribution in [3.05, 3.63) is 48.0 Å². The summed E-state index contributed by atoms with van der Waals surface area (Å²) in [4.78, 5) is 14.7. The summed E-state index contributed by atoms with van der Waals surface area (Å²) in [6, 6.07) is 16.5. The predicted molar refractivity (Wildman–Crippen MR) is 148 cm³/mol. The first-order valence-electron chi connectivity index (χ1n) is 12.7. The van der Waals surface area contributed by atoms with Crippen LogP contribution in [-0.2, 0) is 15.5 Å². The van der Waals surface area contributed by atoms with E-state index in [1.807, 2.05) is 18.2 Å². The first-order valence-corrected chi connectivity index (χ1v) is 14.2. The van der Waals surface area contributed by atoms with Gasteiger partial charge >= 0.3 is 6.09 Å². The van der Waals surface area contributed by atoms with E-state index >= 15 is 0 Å². The van der Waals surface area contributed by atoms with Crippen LogP contribution in [0.15, 0.2) is 42.5 Å². The number of nitrogens with zero attached hydrogens (tertiary/aromatic N) is 4. The molecule has 8 nitrogen and oxygen atoms in total. The highest BCUT2D eigenvalue weighted by molar-refractivity contribution is 7.85. The van der Waals surface area contributed by atoms with E-state index in [0.717, 1.165) is 58.8 Å². The SMILES string of the molecule is CC(C)(C)OC(=O)N(N)c1ccc(-c2c(C#N)c3ccc(N4CCS(=O)CC4)cc3n2C2CCC2)cc1. The van der Waals surface area contributed by atoms with Crippen LogP contribution in [0.25, 0.3) is 22.2 Å². The Kier molecular flexibility index (Phi) is 6.73. The lowest BCUT2D eigenvalue weighted by molar-refractivity contribution is 0.0580. The average Bonchev–Trinajstić information content (AvgIpc) is 3.15. The highest BCUT2D eigenvalue weighted by Gasteiger charge is 2.29. The Bertz CT molecular complexity index is 1390. The van der Waals surface area contributed by atoms with Crippen LogP contribution in [0.3, 0.4) is 0 Å². The van der Waals surface area contributed by atoms with Crippen molar-refractivity contribution in [1.29, 1.82) is 5.26 Å². The predicted octanol–water partition coefficient (Wildman–Crippen LogP) is 5.09. The van der Waals surface area contributed by atoms with E-state index in [2.05, 4.69) is 27.7 Å². The number of nitriles is 1. The van der Waals surface area contributed by atoms with Crippen molar-refractivity contribution in [3.63, 3.8) is 0 Å². The molecule has 194 valence electrons. The molecule has 3 aromatic rings. The molecule has 1 saturated carbocycles. The van der Waals surface area contributed by atoms with Gasteiger partial charge in [-0.05, 0) is 75.9 Å². The van der Waals surface area contributed by atoms with E-state index in [-0.39, 0.29) is 0 Å². The van der Waals surface area contributed by atoms with Crippen molar-refractivity contribution in [2.24, 2.45) is 5.84 Å². The number of anilines is 2. The minimum Gasteiger partial charge on any atom is -0.442 e. The number of amides is 1. The van der Waals surface area contributed by atoms with Crippen molar-refractivity contribution >= 4 is 39.2 Å². The van der Waals surface area contributed by atoms with Gasteiger partial charge in [-0.2, -0.15) is 5.26 Å². The van der Waals surface area contributed by atoms with E-state index in [1.165, 1.54) is 6.42 Å². The number of ether oxygens (including phenoxy) is 1. The summed E-state index contributed by atoms with van der Waals surface area (Å²) in [5.41, 5.74) is 4.46. The number of carbonyl (C=O) groups is 1. The normalized spacial score (nSPS) is 16.9. The molecule has 0 atom stereocenters. The van der Waals surface area contributed by atoms with Gasteiger partial charge in [0, 0.05) is 52.5 Å². The monoisotopic (exact) mass is 519 g/mol. The molecule has 2 N–H and O–H groups in total. The van der Waals surface area contributed by atoms with E-state index in [9.17, 15) is 14.3 Å². The van der Waals surface area contributed by atoms with Gasteiger partial charge in [0.2, 0.25) is 0 Å². The summed E-state index contributed by atoms with van der Waals surface area (Å²) in [6.07, 6.45) is 2.68. The van der Waals surface area contributed by atoms with Crippen LogP contribution in [0, 0.1) is 11.3 Å². The fraction of sp³-hybridized carbons (Fsp3) is 0.429. The lowest BCUT2D eigenvalue weighted by atomic mass is 9.92. The van der Waals surface area contributed by atoms with E-state index in [1.54, 1.807) is 32.9 Å². The maximum absolute atomic E-state index is 12.4. The Hall–Kier alpha value is -3.35. The Morgan fingerprint density at radius 3 is 2.38 bits per heavy atom. The zero-order valence-corrected chi connectivity index (χ0v) is 22.4. The standard InChI is InChI=1S/C28H33N5O3S/c1-28(2,3)36-27(34)33(30)21-9-7-19(8-10-21)26-24(18-29)23-12-11-22(31-13-15-37(35)16-14-31)17-25(23)32(26)20-5-4-6-20/h7-12,17,20H,4-6,13-16,30H2,1-3H3. The summed E-state index contributed by atoms with van der Waals surface area (Å²) < 4.78 is 19.6. The first kappa shape index (κ1) is 25.3. The number of hydrogen-bond donors (Lipinski definition) is 1. The third kappa shape index (κ3) is 4.96. The van der Waals surface area contributed by atoms with Crippen LogP contribution >= 0.6 is 0 Å². The maximum Gasteiger partial charge on any atom is 0.429 e. The Balaban J connectivity index is 1.55. The largest absolute Gasteiger partial charge is 0.442 e. The molecule has 1 aliphatic heterocycles. The molecule has 2 aromatic carbocycles. The molecular formula is C28H33N5O3S. The summed E-state index contributed by atoms with van der Waals surface area (Å²) in [5.74, 6) is 7.40. The molecule has 0 spiro atoms. The molecule has 0 bridgehead atoms. The number of hydrogen-bond acceptors (Lipinski definition) is 6. The van der Waals surface area contributed by atoms with Crippen LogP contribution in [-0.4, -0.2) is 45.1 Å². The molecule has 2 fully saturated rings. The number of rotatable bonds is 4. The molecule has 1 aliphatic carbocycles. The molecule has 37 heavy (non-hydrogen) atoms. The second kappa shape index (κ2) is 9.84. The lowest BCUT2D eigenvalue weighted by Gasteiger charge is -2.31. The third-order valence-electron chi connectivity index (χ3n) is 7.09. The van der Waals surface area contributed by atoms with Crippen LogP contribution in [0.2, 0.25) is 0 Å². The van der Waals surface area contributed by atoms with Gasteiger partial charge in [0.25, 0.3) is 0 Å². The number of carbonyl (C=O) groups excluding carboxylic acids is 1. The topological polar surface area (TPSA) is 105 Å². The van der Waals surface area contributed by atoms with Gasteiger partial charge in [-0.25, -0.2) is 15.6 Å². The Labute approximate surface area is 220 Å². The van der Waals surface area contributed by atoms with Gasteiger partial charge in [0.15, 0.2) is 0 Å². The van der Waals surface area contributed by atoms with Crippen LogP contribution < -0.4 is 15.8 Å². The number of nitrogens with two attached hydrogens (primary N) is 1. The molecule has 5 rings (SSSR count). The lowest BCUT2D eigenvalue weighted by Crippen LogP contribution is -2.41. The molecule has 1 amide bonds. The van der Waals surface area contributed by atoms with Gasteiger partial charge in [0.05, 0.1) is 22.5 Å². The second-order valence-corrected chi connectivity index (χ2v) is 12.4. The van der Waals surface area contributed by atoms with Gasteiger partial charge < -0.3 is 14.2 Å². The van der Waals surface area contributed by atoms with Crippen molar-refractivity contribution < 1.29 is 13.7 Å². The Morgan fingerprint density at radius 2 is 1.81 bits per heavy atom. The molecule has 9 heteroatoms. The number of benzene rings is 2. The van der Waals surface area contributed by atoms with Crippen LogP contribution in [0.5, 0.6) is 0 Å². The average molecular weight is 520 g/mol. The van der Waals surface area contributed by atoms with Crippen molar-refractivity contribution in [2.45, 2.75) is 51.7 Å². The summed E-state index contributed by atoms with van der Waals surface area (Å²) in [6.45, 7) is 6.93.